The summed E-state index contributed by atoms with van der Waals surface area (Å²) in [4.78, 5) is 28.0. The van der Waals surface area contributed by atoms with Crippen molar-refractivity contribution in [3.63, 3.8) is 0 Å². The predicted molar refractivity (Wildman–Crippen MR) is 104 cm³/mol. The predicted octanol–water partition coefficient (Wildman–Crippen LogP) is 2.66. The van der Waals surface area contributed by atoms with Crippen molar-refractivity contribution in [2.24, 2.45) is 0 Å². The number of benzene rings is 2. The lowest BCUT2D eigenvalue weighted by Crippen LogP contribution is -2.40. The normalized spacial score (nSPS) is 22.9. The zero-order valence-electron chi connectivity index (χ0n) is 15.2. The van der Waals surface area contributed by atoms with Crippen LogP contribution in [-0.4, -0.2) is 36.8 Å². The van der Waals surface area contributed by atoms with Crippen LogP contribution in [0.3, 0.4) is 0 Å². The maximum Gasteiger partial charge on any atom is 0.291 e. The summed E-state index contributed by atoms with van der Waals surface area (Å²) in [6, 6.07) is 10.8. The van der Waals surface area contributed by atoms with Crippen LogP contribution in [0.15, 0.2) is 57.7 Å². The number of fused-ring (bicyclic) bond motifs is 2. The van der Waals surface area contributed by atoms with Crippen molar-refractivity contribution in [1.82, 2.24) is 4.90 Å². The van der Waals surface area contributed by atoms with Gasteiger partial charge in [-0.3, -0.25) is 9.59 Å². The van der Waals surface area contributed by atoms with E-state index >= 15 is 0 Å². The molecule has 8 heteroatoms. The van der Waals surface area contributed by atoms with Gasteiger partial charge in [-0.2, -0.15) is 0 Å². The van der Waals surface area contributed by atoms with Crippen molar-refractivity contribution in [2.45, 2.75) is 18.5 Å². The lowest BCUT2D eigenvalue weighted by Gasteiger charge is -2.30. The van der Waals surface area contributed by atoms with Gasteiger partial charge in [0.1, 0.15) is 11.4 Å². The van der Waals surface area contributed by atoms with Gasteiger partial charge in [0.15, 0.2) is 15.3 Å². The zero-order valence-corrected chi connectivity index (χ0v) is 16.0. The van der Waals surface area contributed by atoms with Gasteiger partial charge in [0.25, 0.3) is 5.91 Å². The SMILES string of the molecule is O=C1c2oc3ccccc3c(=O)c2C(c2ccc(F)cc2)N1C1CCS(=O)(=O)C1. The number of halogens is 1. The first kappa shape index (κ1) is 18.1. The Hall–Kier alpha value is -3.00. The molecule has 0 spiro atoms. The quantitative estimate of drug-likeness (QED) is 0.645. The molecule has 5 rings (SSSR count). The van der Waals surface area contributed by atoms with Crippen molar-refractivity contribution in [3.8, 4) is 0 Å². The third-order valence-electron chi connectivity index (χ3n) is 5.60. The molecule has 0 aliphatic carbocycles. The lowest BCUT2D eigenvalue weighted by molar-refractivity contribution is 0.0662. The number of hydrogen-bond donors (Lipinski definition) is 0. The standard InChI is InChI=1S/C21H16FNO5S/c22-13-7-5-12(6-8-13)18-17-19(24)15-3-1-2-4-16(15)28-20(17)21(25)23(18)14-9-10-29(26,27)11-14/h1-8,14,18H,9-11H2. The van der Waals surface area contributed by atoms with Crippen LogP contribution in [0, 0.1) is 5.82 Å². The van der Waals surface area contributed by atoms with Crippen LogP contribution in [0.4, 0.5) is 4.39 Å². The summed E-state index contributed by atoms with van der Waals surface area (Å²) in [6.45, 7) is 0. The first-order valence-electron chi connectivity index (χ1n) is 9.20. The molecule has 2 aliphatic rings. The first-order chi connectivity index (χ1) is 13.9. The molecule has 0 N–H and O–H groups in total. The maximum atomic E-state index is 13.5. The molecule has 0 radical (unpaired) electrons. The molecule has 0 bridgehead atoms. The molecule has 2 atom stereocenters. The fourth-order valence-corrected chi connectivity index (χ4v) is 5.99. The van der Waals surface area contributed by atoms with Crippen LogP contribution < -0.4 is 5.43 Å². The van der Waals surface area contributed by atoms with E-state index in [1.54, 1.807) is 24.3 Å². The van der Waals surface area contributed by atoms with Gasteiger partial charge >= 0.3 is 0 Å². The van der Waals surface area contributed by atoms with Gasteiger partial charge in [0, 0.05) is 6.04 Å². The second-order valence-corrected chi connectivity index (χ2v) is 9.62. The molecular formula is C21H16FNO5S. The minimum absolute atomic E-state index is 0.0166. The van der Waals surface area contributed by atoms with Crippen molar-refractivity contribution in [1.29, 1.82) is 0 Å². The van der Waals surface area contributed by atoms with Crippen LogP contribution in [0.1, 0.15) is 34.1 Å². The Bertz CT molecular complexity index is 1310. The monoisotopic (exact) mass is 413 g/mol. The molecule has 3 aromatic rings. The molecule has 1 aromatic heterocycles. The van der Waals surface area contributed by atoms with Crippen molar-refractivity contribution < 1.29 is 22.0 Å². The molecule has 148 valence electrons. The van der Waals surface area contributed by atoms with E-state index in [1.807, 2.05) is 0 Å². The molecule has 1 amide bonds. The summed E-state index contributed by atoms with van der Waals surface area (Å²) in [5, 5.41) is 0.340. The number of nitrogens with zero attached hydrogens (tertiary/aromatic N) is 1. The van der Waals surface area contributed by atoms with Crippen LogP contribution in [0.2, 0.25) is 0 Å². The fraction of sp³-hybridized carbons (Fsp3) is 0.238. The highest BCUT2D eigenvalue weighted by atomic mass is 32.2. The number of carbonyl (C=O) groups is 1. The summed E-state index contributed by atoms with van der Waals surface area (Å²) < 4.78 is 43.4. The molecule has 1 fully saturated rings. The Labute approximate surface area is 165 Å². The second kappa shape index (κ2) is 6.25. The van der Waals surface area contributed by atoms with Crippen LogP contribution in [0.5, 0.6) is 0 Å². The smallest absolute Gasteiger partial charge is 0.291 e. The Kier molecular flexibility index (Phi) is 3.89. The highest BCUT2D eigenvalue weighted by Gasteiger charge is 2.48. The van der Waals surface area contributed by atoms with E-state index < -0.39 is 33.6 Å². The van der Waals surface area contributed by atoms with Gasteiger partial charge in [0.05, 0.1) is 28.5 Å². The number of hydrogen-bond acceptors (Lipinski definition) is 5. The van der Waals surface area contributed by atoms with E-state index in [2.05, 4.69) is 0 Å². The van der Waals surface area contributed by atoms with E-state index in [0.717, 1.165) is 0 Å². The Morgan fingerprint density at radius 2 is 1.76 bits per heavy atom. The summed E-state index contributed by atoms with van der Waals surface area (Å²) in [5.74, 6) is -1.22. The minimum atomic E-state index is -3.27. The Morgan fingerprint density at radius 3 is 2.45 bits per heavy atom. The van der Waals surface area contributed by atoms with Gasteiger partial charge in [-0.05, 0) is 36.2 Å². The first-order valence-corrected chi connectivity index (χ1v) is 11.0. The molecule has 29 heavy (non-hydrogen) atoms. The summed E-state index contributed by atoms with van der Waals surface area (Å²) in [5.41, 5.74) is 0.659. The van der Waals surface area contributed by atoms with Gasteiger partial charge in [0.2, 0.25) is 5.76 Å². The summed E-state index contributed by atoms with van der Waals surface area (Å²) >= 11 is 0. The number of para-hydroxylation sites is 1. The molecule has 1 saturated heterocycles. The van der Waals surface area contributed by atoms with Gasteiger partial charge in [-0.25, -0.2) is 12.8 Å². The summed E-state index contributed by atoms with van der Waals surface area (Å²) in [7, 11) is -3.27. The number of sulfone groups is 1. The number of carbonyl (C=O) groups excluding carboxylic acids is 1. The highest BCUT2D eigenvalue weighted by molar-refractivity contribution is 7.91. The van der Waals surface area contributed by atoms with Crippen molar-refractivity contribution in [3.05, 3.63) is 81.5 Å². The molecule has 2 aliphatic heterocycles. The highest BCUT2D eigenvalue weighted by Crippen LogP contribution is 2.41. The molecule has 2 aromatic carbocycles. The van der Waals surface area contributed by atoms with Crippen LogP contribution in [0.25, 0.3) is 11.0 Å². The molecule has 3 heterocycles. The fourth-order valence-electron chi connectivity index (χ4n) is 4.28. The van der Waals surface area contributed by atoms with E-state index in [-0.39, 0.29) is 34.7 Å². The largest absolute Gasteiger partial charge is 0.450 e. The van der Waals surface area contributed by atoms with E-state index in [9.17, 15) is 22.4 Å². The lowest BCUT2D eigenvalue weighted by atomic mass is 9.97. The molecule has 2 unspecified atom stereocenters. The van der Waals surface area contributed by atoms with E-state index in [1.165, 1.54) is 29.2 Å². The van der Waals surface area contributed by atoms with Gasteiger partial charge in [-0.1, -0.05) is 24.3 Å². The summed E-state index contributed by atoms with van der Waals surface area (Å²) in [6.07, 6.45) is 0.285. The van der Waals surface area contributed by atoms with Crippen molar-refractivity contribution in [2.75, 3.05) is 11.5 Å². The van der Waals surface area contributed by atoms with Crippen LogP contribution >= 0.6 is 0 Å². The van der Waals surface area contributed by atoms with E-state index in [0.29, 0.717) is 16.5 Å². The zero-order chi connectivity index (χ0) is 20.3. The third kappa shape index (κ3) is 2.78. The third-order valence-corrected chi connectivity index (χ3v) is 7.35. The van der Waals surface area contributed by atoms with Crippen LogP contribution in [-0.2, 0) is 9.84 Å². The van der Waals surface area contributed by atoms with Crippen molar-refractivity contribution >= 4 is 26.7 Å². The van der Waals surface area contributed by atoms with Gasteiger partial charge in [-0.15, -0.1) is 0 Å². The average Bonchev–Trinajstić information content (AvgIpc) is 3.20. The Balaban J connectivity index is 1.76. The minimum Gasteiger partial charge on any atom is -0.450 e. The molecular weight excluding hydrogens is 397 g/mol. The van der Waals surface area contributed by atoms with E-state index in [4.69, 9.17) is 4.42 Å². The molecule has 6 nitrogen and oxygen atoms in total. The number of amides is 1. The maximum absolute atomic E-state index is 13.5. The number of rotatable bonds is 2. The topological polar surface area (TPSA) is 84.7 Å². The Morgan fingerprint density at radius 1 is 1.03 bits per heavy atom. The molecule has 0 saturated carbocycles. The van der Waals surface area contributed by atoms with Gasteiger partial charge < -0.3 is 9.32 Å². The second-order valence-electron chi connectivity index (χ2n) is 7.39. The average molecular weight is 413 g/mol.